The Hall–Kier alpha value is -2.02. The molecular formula is C19H21N3O3S. The second-order valence-electron chi connectivity index (χ2n) is 8.44. The van der Waals surface area contributed by atoms with E-state index in [0.717, 1.165) is 48.4 Å². The maximum absolute atomic E-state index is 13.0. The van der Waals surface area contributed by atoms with Gasteiger partial charge in [0.15, 0.2) is 0 Å². The Morgan fingerprint density at radius 1 is 1.15 bits per heavy atom. The summed E-state index contributed by atoms with van der Waals surface area (Å²) in [5.74, 6) is 0.823. The van der Waals surface area contributed by atoms with Gasteiger partial charge in [0.05, 0.1) is 24.3 Å². The highest BCUT2D eigenvalue weighted by Gasteiger charge is 2.61. The van der Waals surface area contributed by atoms with E-state index in [9.17, 15) is 9.59 Å². The molecule has 0 spiro atoms. The van der Waals surface area contributed by atoms with Gasteiger partial charge in [0.2, 0.25) is 0 Å². The van der Waals surface area contributed by atoms with E-state index in [1.807, 2.05) is 6.07 Å². The molecule has 1 aromatic heterocycles. The molecule has 0 saturated heterocycles. The summed E-state index contributed by atoms with van der Waals surface area (Å²) in [5, 5.41) is 3.31. The third-order valence-corrected chi connectivity index (χ3v) is 7.13. The van der Waals surface area contributed by atoms with E-state index in [1.54, 1.807) is 12.1 Å². The van der Waals surface area contributed by atoms with Crippen molar-refractivity contribution in [2.45, 2.75) is 44.1 Å². The number of aromatic nitrogens is 2. The molecule has 1 aromatic carbocycles. The number of methoxy groups -OCH3 is 1. The van der Waals surface area contributed by atoms with Crippen LogP contribution < -0.4 is 5.32 Å². The maximum Gasteiger partial charge on any atom is 0.311 e. The van der Waals surface area contributed by atoms with E-state index in [0.29, 0.717) is 23.8 Å². The van der Waals surface area contributed by atoms with Crippen molar-refractivity contribution in [2.24, 2.45) is 17.3 Å². The zero-order valence-electron chi connectivity index (χ0n) is 14.7. The number of carbonyl (C=O) groups is 2. The van der Waals surface area contributed by atoms with Crippen LogP contribution >= 0.6 is 11.7 Å². The van der Waals surface area contributed by atoms with Gasteiger partial charge in [0.25, 0.3) is 5.91 Å². The number of hydrogen-bond acceptors (Lipinski definition) is 6. The van der Waals surface area contributed by atoms with Crippen LogP contribution in [0.4, 0.5) is 0 Å². The van der Waals surface area contributed by atoms with Crippen LogP contribution in [0.5, 0.6) is 0 Å². The van der Waals surface area contributed by atoms with Gasteiger partial charge in [0, 0.05) is 11.1 Å². The molecule has 4 aliphatic carbocycles. The van der Waals surface area contributed by atoms with Crippen LogP contribution in [0.1, 0.15) is 48.9 Å². The molecule has 2 unspecified atom stereocenters. The highest BCUT2D eigenvalue weighted by atomic mass is 32.1. The summed E-state index contributed by atoms with van der Waals surface area (Å²) < 4.78 is 13.6. The number of rotatable bonds is 3. The number of carbonyl (C=O) groups excluding carboxylic acids is 2. The maximum atomic E-state index is 13.0. The second-order valence-corrected chi connectivity index (χ2v) is 8.96. The minimum absolute atomic E-state index is 0.0816. The molecule has 1 N–H and O–H groups in total. The van der Waals surface area contributed by atoms with Crippen LogP contribution in [0.2, 0.25) is 0 Å². The quantitative estimate of drug-likeness (QED) is 0.839. The molecule has 4 bridgehead atoms. The van der Waals surface area contributed by atoms with E-state index < -0.39 is 5.41 Å². The van der Waals surface area contributed by atoms with E-state index in [4.69, 9.17) is 4.74 Å². The highest BCUT2D eigenvalue weighted by molar-refractivity contribution is 7.00. The Kier molecular flexibility index (Phi) is 3.41. The van der Waals surface area contributed by atoms with Crippen molar-refractivity contribution in [3.05, 3.63) is 23.8 Å². The Morgan fingerprint density at radius 3 is 2.62 bits per heavy atom. The van der Waals surface area contributed by atoms with Crippen molar-refractivity contribution in [1.82, 2.24) is 14.1 Å². The summed E-state index contributed by atoms with van der Waals surface area (Å²) in [6, 6.07) is 5.43. The van der Waals surface area contributed by atoms with Crippen LogP contribution in [0.25, 0.3) is 11.0 Å². The SMILES string of the molecule is COC(=O)C12CC3CC(CC(NC(=O)c4ccc5nsnc5c4)(C3)C1)C2. The first-order valence-electron chi connectivity index (χ1n) is 9.14. The molecule has 4 aliphatic rings. The zero-order valence-corrected chi connectivity index (χ0v) is 15.5. The van der Waals surface area contributed by atoms with Gasteiger partial charge in [-0.25, -0.2) is 0 Å². The molecule has 4 fully saturated rings. The van der Waals surface area contributed by atoms with Crippen molar-refractivity contribution in [2.75, 3.05) is 7.11 Å². The Balaban J connectivity index is 1.44. The van der Waals surface area contributed by atoms with Gasteiger partial charge < -0.3 is 10.1 Å². The van der Waals surface area contributed by atoms with Crippen molar-refractivity contribution in [3.8, 4) is 0 Å². The number of fused-ring (bicyclic) bond motifs is 1. The van der Waals surface area contributed by atoms with Gasteiger partial charge in [-0.1, -0.05) is 0 Å². The first-order chi connectivity index (χ1) is 12.5. The fraction of sp³-hybridized carbons (Fsp3) is 0.579. The Bertz CT molecular complexity index is 894. The summed E-state index contributed by atoms with van der Waals surface area (Å²) >= 11 is 1.15. The Labute approximate surface area is 155 Å². The fourth-order valence-corrected chi connectivity index (χ4v) is 6.62. The molecule has 1 amide bonds. The molecule has 0 radical (unpaired) electrons. The van der Waals surface area contributed by atoms with Crippen molar-refractivity contribution < 1.29 is 14.3 Å². The number of nitrogens with one attached hydrogen (secondary N) is 1. The van der Waals surface area contributed by atoms with Crippen LogP contribution in [0.3, 0.4) is 0 Å². The number of benzene rings is 1. The van der Waals surface area contributed by atoms with Gasteiger partial charge in [-0.05, 0) is 68.6 Å². The summed E-state index contributed by atoms with van der Waals surface area (Å²) in [6.45, 7) is 0. The number of hydrogen-bond donors (Lipinski definition) is 1. The minimum atomic E-state index is -0.408. The molecule has 4 saturated carbocycles. The molecule has 136 valence electrons. The van der Waals surface area contributed by atoms with E-state index in [-0.39, 0.29) is 17.4 Å². The lowest BCUT2D eigenvalue weighted by Crippen LogP contribution is -2.64. The number of nitrogens with zero attached hydrogens (tertiary/aromatic N) is 2. The number of esters is 1. The highest BCUT2D eigenvalue weighted by Crippen LogP contribution is 2.62. The summed E-state index contributed by atoms with van der Waals surface area (Å²) in [7, 11) is 1.48. The zero-order chi connectivity index (χ0) is 17.9. The average Bonchev–Trinajstić information content (AvgIpc) is 3.07. The second kappa shape index (κ2) is 5.49. The number of ether oxygens (including phenoxy) is 1. The molecule has 2 aromatic rings. The van der Waals surface area contributed by atoms with Crippen molar-refractivity contribution in [1.29, 1.82) is 0 Å². The van der Waals surface area contributed by atoms with Gasteiger partial charge >= 0.3 is 5.97 Å². The van der Waals surface area contributed by atoms with E-state index in [1.165, 1.54) is 13.5 Å². The fourth-order valence-electron chi connectivity index (χ4n) is 6.10. The molecule has 7 heteroatoms. The van der Waals surface area contributed by atoms with Crippen LogP contribution in [-0.2, 0) is 9.53 Å². The first-order valence-corrected chi connectivity index (χ1v) is 9.87. The van der Waals surface area contributed by atoms with Crippen molar-refractivity contribution >= 4 is 34.6 Å². The van der Waals surface area contributed by atoms with Crippen LogP contribution in [0.15, 0.2) is 18.2 Å². The average molecular weight is 371 g/mol. The summed E-state index contributed by atoms with van der Waals surface area (Å²) in [6.07, 6.45) is 5.62. The Morgan fingerprint density at radius 2 is 1.88 bits per heavy atom. The normalized spacial score (nSPS) is 34.8. The van der Waals surface area contributed by atoms with Gasteiger partial charge in [-0.3, -0.25) is 9.59 Å². The third-order valence-electron chi connectivity index (χ3n) is 6.57. The standard InChI is InChI=1S/C19H21N3O3S/c1-25-17(24)18-6-11-4-12(7-18)9-19(8-11,10-18)20-16(23)13-2-3-14-15(5-13)22-26-21-14/h2-3,5,11-12H,4,6-10H2,1H3,(H,20,23). The topological polar surface area (TPSA) is 81.2 Å². The number of amides is 1. The largest absolute Gasteiger partial charge is 0.469 e. The summed E-state index contributed by atoms with van der Waals surface area (Å²) in [5.41, 5.74) is 1.47. The molecule has 0 aliphatic heterocycles. The smallest absolute Gasteiger partial charge is 0.311 e. The predicted molar refractivity (Wildman–Crippen MR) is 96.7 cm³/mol. The van der Waals surface area contributed by atoms with Crippen LogP contribution in [-0.4, -0.2) is 33.3 Å². The lowest BCUT2D eigenvalue weighted by molar-refractivity contribution is -0.171. The molecular weight excluding hydrogens is 350 g/mol. The van der Waals surface area contributed by atoms with Gasteiger partial charge in [0.1, 0.15) is 11.0 Å². The van der Waals surface area contributed by atoms with E-state index in [2.05, 4.69) is 14.1 Å². The van der Waals surface area contributed by atoms with Gasteiger partial charge in [-0.15, -0.1) is 0 Å². The molecule has 26 heavy (non-hydrogen) atoms. The van der Waals surface area contributed by atoms with Crippen LogP contribution in [0, 0.1) is 17.3 Å². The molecule has 6 nitrogen and oxygen atoms in total. The van der Waals surface area contributed by atoms with Crippen molar-refractivity contribution in [3.63, 3.8) is 0 Å². The van der Waals surface area contributed by atoms with Gasteiger partial charge in [-0.2, -0.15) is 8.75 Å². The lowest BCUT2D eigenvalue weighted by atomic mass is 9.47. The lowest BCUT2D eigenvalue weighted by Gasteiger charge is -2.60. The first kappa shape index (κ1) is 16.2. The third kappa shape index (κ3) is 2.36. The molecule has 2 atom stereocenters. The minimum Gasteiger partial charge on any atom is -0.469 e. The molecule has 1 heterocycles. The van der Waals surface area contributed by atoms with E-state index >= 15 is 0 Å². The molecule has 6 rings (SSSR count). The summed E-state index contributed by atoms with van der Waals surface area (Å²) in [4.78, 5) is 25.5. The predicted octanol–water partition coefficient (Wildman–Crippen LogP) is 2.93. The monoisotopic (exact) mass is 371 g/mol.